The quantitative estimate of drug-likeness (QED) is 0.742. The molecule has 3 rings (SSSR count). The van der Waals surface area contributed by atoms with Crippen LogP contribution in [-0.4, -0.2) is 6.04 Å². The first kappa shape index (κ1) is 11.1. The van der Waals surface area contributed by atoms with E-state index in [0.717, 1.165) is 30.4 Å². The molecule has 1 nitrogen and oxygen atoms in total. The van der Waals surface area contributed by atoms with Gasteiger partial charge in [0.2, 0.25) is 0 Å². The normalized spacial score (nSPS) is 31.4. The van der Waals surface area contributed by atoms with Crippen molar-refractivity contribution in [1.82, 2.24) is 0 Å². The van der Waals surface area contributed by atoms with Crippen LogP contribution in [0.25, 0.3) is 0 Å². The fraction of sp³-hybridized carbons (Fsp3) is 0.538. The maximum absolute atomic E-state index is 12.7. The molecule has 2 aliphatic rings. The van der Waals surface area contributed by atoms with Gasteiger partial charge in [0.05, 0.1) is 5.56 Å². The number of alkyl halides is 3. The molecule has 0 aromatic heterocycles. The largest absolute Gasteiger partial charge is 0.416 e. The number of hydrogen-bond acceptors (Lipinski definition) is 1. The third-order valence-corrected chi connectivity index (χ3v) is 4.21. The molecule has 2 bridgehead atoms. The lowest BCUT2D eigenvalue weighted by Crippen LogP contribution is -2.35. The number of hydrogen-bond donors (Lipinski definition) is 1. The third kappa shape index (κ3) is 1.66. The number of rotatable bonds is 0. The van der Waals surface area contributed by atoms with Gasteiger partial charge >= 0.3 is 6.18 Å². The summed E-state index contributed by atoms with van der Waals surface area (Å²) < 4.78 is 38.0. The highest BCUT2D eigenvalue weighted by molar-refractivity contribution is 5.40. The highest BCUT2D eigenvalue weighted by Gasteiger charge is 2.41. The van der Waals surface area contributed by atoms with Gasteiger partial charge in [0.25, 0.3) is 0 Å². The van der Waals surface area contributed by atoms with Crippen molar-refractivity contribution in [3.63, 3.8) is 0 Å². The second-order valence-corrected chi connectivity index (χ2v) is 5.14. The van der Waals surface area contributed by atoms with E-state index in [0.29, 0.717) is 5.92 Å². The van der Waals surface area contributed by atoms with Crippen LogP contribution in [0.4, 0.5) is 13.2 Å². The van der Waals surface area contributed by atoms with Gasteiger partial charge in [-0.2, -0.15) is 13.2 Å². The first-order valence-electron chi connectivity index (χ1n) is 5.92. The zero-order valence-corrected chi connectivity index (χ0v) is 9.30. The molecular weight excluding hydrogens is 227 g/mol. The summed E-state index contributed by atoms with van der Waals surface area (Å²) in [5, 5.41) is 0. The molecule has 92 valence electrons. The van der Waals surface area contributed by atoms with E-state index in [1.807, 2.05) is 0 Å². The van der Waals surface area contributed by atoms with Crippen molar-refractivity contribution in [3.8, 4) is 0 Å². The van der Waals surface area contributed by atoms with Gasteiger partial charge in [0.1, 0.15) is 0 Å². The molecule has 2 aliphatic carbocycles. The molecule has 0 heterocycles. The lowest BCUT2D eigenvalue weighted by atomic mass is 9.79. The van der Waals surface area contributed by atoms with Gasteiger partial charge in [0.15, 0.2) is 0 Å². The van der Waals surface area contributed by atoms with Gasteiger partial charge in [-0.25, -0.2) is 0 Å². The van der Waals surface area contributed by atoms with Gasteiger partial charge in [-0.3, -0.25) is 0 Å². The van der Waals surface area contributed by atoms with Gasteiger partial charge in [-0.1, -0.05) is 6.07 Å². The predicted molar refractivity (Wildman–Crippen MR) is 58.6 cm³/mol. The Morgan fingerprint density at radius 3 is 2.65 bits per heavy atom. The molecule has 1 fully saturated rings. The number of halogens is 3. The Bertz CT molecular complexity index is 452. The molecule has 0 spiro atoms. The summed E-state index contributed by atoms with van der Waals surface area (Å²) in [6.45, 7) is 0. The summed E-state index contributed by atoms with van der Waals surface area (Å²) in [5.41, 5.74) is 7.43. The van der Waals surface area contributed by atoms with E-state index in [9.17, 15) is 13.2 Å². The summed E-state index contributed by atoms with van der Waals surface area (Å²) in [5.74, 6) is 0.593. The molecule has 0 radical (unpaired) electrons. The van der Waals surface area contributed by atoms with Crippen LogP contribution < -0.4 is 5.73 Å². The summed E-state index contributed by atoms with van der Waals surface area (Å²) in [4.78, 5) is 0. The lowest BCUT2D eigenvalue weighted by molar-refractivity contribution is -0.137. The molecule has 4 heteroatoms. The minimum Gasteiger partial charge on any atom is -0.327 e. The van der Waals surface area contributed by atoms with Crippen molar-refractivity contribution in [1.29, 1.82) is 0 Å². The van der Waals surface area contributed by atoms with Crippen molar-refractivity contribution in [3.05, 3.63) is 34.9 Å². The molecule has 0 amide bonds. The maximum Gasteiger partial charge on any atom is 0.416 e. The average molecular weight is 241 g/mol. The number of benzene rings is 1. The molecule has 0 unspecified atom stereocenters. The summed E-state index contributed by atoms with van der Waals surface area (Å²) >= 11 is 0. The van der Waals surface area contributed by atoms with E-state index in [1.54, 1.807) is 6.07 Å². The van der Waals surface area contributed by atoms with E-state index in [1.165, 1.54) is 12.1 Å². The molecule has 17 heavy (non-hydrogen) atoms. The fourth-order valence-electron chi connectivity index (χ4n) is 3.29. The molecule has 3 atom stereocenters. The van der Waals surface area contributed by atoms with E-state index in [4.69, 9.17) is 5.73 Å². The van der Waals surface area contributed by atoms with Crippen molar-refractivity contribution in [2.45, 2.75) is 37.4 Å². The Morgan fingerprint density at radius 1 is 1.18 bits per heavy atom. The minimum atomic E-state index is -4.26. The summed E-state index contributed by atoms with van der Waals surface area (Å²) in [7, 11) is 0. The highest BCUT2D eigenvalue weighted by atomic mass is 19.4. The Kier molecular flexibility index (Phi) is 2.27. The van der Waals surface area contributed by atoms with E-state index in [-0.39, 0.29) is 12.0 Å². The molecule has 1 aromatic rings. The van der Waals surface area contributed by atoms with Gasteiger partial charge in [-0.15, -0.1) is 0 Å². The Morgan fingerprint density at radius 2 is 1.94 bits per heavy atom. The maximum atomic E-state index is 12.7. The third-order valence-electron chi connectivity index (χ3n) is 4.21. The fourth-order valence-corrected chi connectivity index (χ4v) is 3.29. The van der Waals surface area contributed by atoms with Crippen LogP contribution in [0, 0.1) is 5.92 Å². The second-order valence-electron chi connectivity index (χ2n) is 5.14. The van der Waals surface area contributed by atoms with Crippen LogP contribution in [0.5, 0.6) is 0 Å². The van der Waals surface area contributed by atoms with Crippen molar-refractivity contribution in [2.75, 3.05) is 0 Å². The van der Waals surface area contributed by atoms with Crippen LogP contribution in [0.1, 0.15) is 35.4 Å². The van der Waals surface area contributed by atoms with Gasteiger partial charge in [0, 0.05) is 6.04 Å². The van der Waals surface area contributed by atoms with Crippen LogP contribution in [-0.2, 0) is 12.6 Å². The zero-order valence-electron chi connectivity index (χ0n) is 9.30. The van der Waals surface area contributed by atoms with E-state index < -0.39 is 11.7 Å². The van der Waals surface area contributed by atoms with Crippen LogP contribution in [0.3, 0.4) is 0 Å². The second kappa shape index (κ2) is 3.48. The van der Waals surface area contributed by atoms with Crippen LogP contribution >= 0.6 is 0 Å². The SMILES string of the molecule is N[C@@H]1[C@@H]2CC[C@H]1c1cc(C(F)(F)F)ccc1C2. The standard InChI is InChI=1S/C13H14F3N/c14-13(15,16)9-3-1-7-5-8-2-4-10(12(8)17)11(7)6-9/h1,3,6,8,10,12H,2,4-5,17H2/t8-,10+,12-/m1/s1. The zero-order chi connectivity index (χ0) is 12.2. The van der Waals surface area contributed by atoms with E-state index in [2.05, 4.69) is 0 Å². The van der Waals surface area contributed by atoms with Crippen LogP contribution in [0.15, 0.2) is 18.2 Å². The smallest absolute Gasteiger partial charge is 0.327 e. The first-order chi connectivity index (χ1) is 7.97. The molecule has 1 aromatic carbocycles. The molecule has 0 saturated heterocycles. The first-order valence-corrected chi connectivity index (χ1v) is 5.92. The van der Waals surface area contributed by atoms with Gasteiger partial charge in [-0.05, 0) is 54.4 Å². The lowest BCUT2D eigenvalue weighted by Gasteiger charge is -2.30. The molecule has 2 N–H and O–H groups in total. The monoisotopic (exact) mass is 241 g/mol. The molecule has 1 saturated carbocycles. The Balaban J connectivity index is 2.07. The van der Waals surface area contributed by atoms with Crippen molar-refractivity contribution < 1.29 is 13.2 Å². The van der Waals surface area contributed by atoms with Gasteiger partial charge < -0.3 is 5.73 Å². The molecule has 0 aliphatic heterocycles. The number of nitrogens with two attached hydrogens (primary N) is 1. The number of fused-ring (bicyclic) bond motifs is 4. The minimum absolute atomic E-state index is 0.0472. The average Bonchev–Trinajstić information content (AvgIpc) is 2.51. The topological polar surface area (TPSA) is 26.0 Å². The van der Waals surface area contributed by atoms with E-state index >= 15 is 0 Å². The van der Waals surface area contributed by atoms with Crippen molar-refractivity contribution in [2.24, 2.45) is 11.7 Å². The van der Waals surface area contributed by atoms with Crippen molar-refractivity contribution >= 4 is 0 Å². The van der Waals surface area contributed by atoms with Crippen LogP contribution in [0.2, 0.25) is 0 Å². The molecular formula is C13H14F3N. The Labute approximate surface area is 97.8 Å². The predicted octanol–water partition coefficient (Wildman–Crippen LogP) is 3.08. The Hall–Kier alpha value is -1.03. The highest BCUT2D eigenvalue weighted by Crippen LogP contribution is 2.46. The summed E-state index contributed by atoms with van der Waals surface area (Å²) in [6.07, 6.45) is -1.44. The summed E-state index contributed by atoms with van der Waals surface area (Å²) in [6, 6.07) is 4.18.